The molecule has 1 aliphatic rings. The van der Waals surface area contributed by atoms with Crippen molar-refractivity contribution in [1.82, 2.24) is 4.90 Å². The Bertz CT molecular complexity index is 407. The number of hydrogen-bond donors (Lipinski definition) is 1. The van der Waals surface area contributed by atoms with Gasteiger partial charge in [0.25, 0.3) is 0 Å². The van der Waals surface area contributed by atoms with Crippen LogP contribution in [-0.2, 0) is 0 Å². The quantitative estimate of drug-likeness (QED) is 0.908. The van der Waals surface area contributed by atoms with Gasteiger partial charge in [0.1, 0.15) is 0 Å². The lowest BCUT2D eigenvalue weighted by molar-refractivity contribution is 0.0711. The summed E-state index contributed by atoms with van der Waals surface area (Å²) in [5, 5.41) is 0. The van der Waals surface area contributed by atoms with Gasteiger partial charge in [0.05, 0.1) is 0 Å². The molecule has 0 saturated carbocycles. The normalized spacial score (nSPS) is 26.3. The number of rotatable bonds is 4. The summed E-state index contributed by atoms with van der Waals surface area (Å²) in [6, 6.07) is 9.91. The Kier molecular flexibility index (Phi) is 5.43. The van der Waals surface area contributed by atoms with Gasteiger partial charge >= 0.3 is 0 Å². The van der Waals surface area contributed by atoms with Crippen LogP contribution in [0.5, 0.6) is 0 Å². The van der Waals surface area contributed by atoms with Crippen LogP contribution in [-0.4, -0.2) is 24.0 Å². The number of benzene rings is 1. The fraction of sp³-hybridized carbons (Fsp3) is 0.625. The molecule has 0 aliphatic carbocycles. The van der Waals surface area contributed by atoms with Gasteiger partial charge in [0.15, 0.2) is 0 Å². The van der Waals surface area contributed by atoms with Crippen molar-refractivity contribution in [2.24, 2.45) is 11.7 Å². The number of nitrogens with zero attached hydrogens (tertiary/aromatic N) is 1. The van der Waals surface area contributed by atoms with E-state index in [1.165, 1.54) is 22.9 Å². The van der Waals surface area contributed by atoms with Gasteiger partial charge in [-0.3, -0.25) is 4.90 Å². The monoisotopic (exact) mass is 324 g/mol. The molecule has 1 aliphatic heterocycles. The highest BCUT2D eigenvalue weighted by Crippen LogP contribution is 2.33. The summed E-state index contributed by atoms with van der Waals surface area (Å²) in [4.78, 5) is 2.66. The van der Waals surface area contributed by atoms with Crippen LogP contribution < -0.4 is 5.73 Å². The second-order valence-corrected chi connectivity index (χ2v) is 6.62. The van der Waals surface area contributed by atoms with E-state index in [1.807, 2.05) is 0 Å². The zero-order valence-corrected chi connectivity index (χ0v) is 13.6. The average molecular weight is 325 g/mol. The van der Waals surface area contributed by atoms with Gasteiger partial charge in [-0.15, -0.1) is 0 Å². The van der Waals surface area contributed by atoms with Crippen LogP contribution in [0.25, 0.3) is 0 Å². The molecule has 3 atom stereocenters. The number of halogens is 1. The third-order valence-electron chi connectivity index (χ3n) is 4.38. The van der Waals surface area contributed by atoms with Crippen molar-refractivity contribution in [3.63, 3.8) is 0 Å². The molecule has 2 rings (SSSR count). The first-order valence-electron chi connectivity index (χ1n) is 7.37. The first kappa shape index (κ1) is 15.0. The van der Waals surface area contributed by atoms with Crippen molar-refractivity contribution in [3.05, 3.63) is 34.3 Å². The smallest absolute Gasteiger partial charge is 0.0348 e. The van der Waals surface area contributed by atoms with Gasteiger partial charge in [-0.25, -0.2) is 0 Å². The lowest BCUT2D eigenvalue weighted by Gasteiger charge is -2.42. The van der Waals surface area contributed by atoms with Crippen molar-refractivity contribution in [3.8, 4) is 0 Å². The fourth-order valence-corrected chi connectivity index (χ4v) is 3.63. The molecule has 0 radical (unpaired) electrons. The Balaban J connectivity index is 2.20. The van der Waals surface area contributed by atoms with Crippen LogP contribution in [0, 0.1) is 5.92 Å². The molecule has 3 unspecified atom stereocenters. The molecule has 1 heterocycles. The van der Waals surface area contributed by atoms with E-state index in [2.05, 4.69) is 58.9 Å². The van der Waals surface area contributed by atoms with Gasteiger partial charge in [-0.05, 0) is 56.3 Å². The van der Waals surface area contributed by atoms with Gasteiger partial charge in [-0.2, -0.15) is 0 Å². The van der Waals surface area contributed by atoms with E-state index in [4.69, 9.17) is 5.73 Å². The van der Waals surface area contributed by atoms with Crippen molar-refractivity contribution >= 4 is 15.9 Å². The minimum absolute atomic E-state index is 0.516. The van der Waals surface area contributed by atoms with Gasteiger partial charge in [0, 0.05) is 23.1 Å². The third kappa shape index (κ3) is 3.59. The van der Waals surface area contributed by atoms with Crippen LogP contribution >= 0.6 is 15.9 Å². The van der Waals surface area contributed by atoms with Crippen LogP contribution in [0.3, 0.4) is 0 Å². The molecule has 0 bridgehead atoms. The largest absolute Gasteiger partial charge is 0.330 e. The molecule has 0 spiro atoms. The van der Waals surface area contributed by atoms with Crippen molar-refractivity contribution in [2.75, 3.05) is 13.1 Å². The lowest BCUT2D eigenvalue weighted by Crippen LogP contribution is -2.45. The maximum atomic E-state index is 5.88. The molecule has 3 heteroatoms. The molecule has 106 valence electrons. The predicted octanol–water partition coefficient (Wildman–Crippen LogP) is 3.96. The standard InChI is InChI=1S/C16H25BrN2/c1-3-16(14-5-4-6-15(17)9-14)19-11-13(10-18)8-7-12(19)2/h4-6,9,12-13,16H,3,7-8,10-11,18H2,1-2H3. The molecule has 1 aromatic rings. The molecule has 0 amide bonds. The Hall–Kier alpha value is -0.380. The Morgan fingerprint density at radius 1 is 1.42 bits per heavy atom. The van der Waals surface area contributed by atoms with Crippen LogP contribution in [0.2, 0.25) is 0 Å². The lowest BCUT2D eigenvalue weighted by atomic mass is 9.90. The SMILES string of the molecule is CCC(c1cccc(Br)c1)N1CC(CN)CCC1C. The number of nitrogens with two attached hydrogens (primary N) is 1. The highest BCUT2D eigenvalue weighted by atomic mass is 79.9. The summed E-state index contributed by atoms with van der Waals surface area (Å²) < 4.78 is 1.17. The van der Waals surface area contributed by atoms with Crippen LogP contribution in [0.15, 0.2) is 28.7 Å². The second kappa shape index (κ2) is 6.87. The number of likely N-dealkylation sites (tertiary alicyclic amines) is 1. The molecular formula is C16H25BrN2. The highest BCUT2D eigenvalue weighted by molar-refractivity contribution is 9.10. The number of piperidine rings is 1. The van der Waals surface area contributed by atoms with Crippen LogP contribution in [0.4, 0.5) is 0 Å². The van der Waals surface area contributed by atoms with E-state index in [1.54, 1.807) is 0 Å². The minimum atomic E-state index is 0.516. The molecule has 2 N–H and O–H groups in total. The second-order valence-electron chi connectivity index (χ2n) is 5.70. The van der Waals surface area contributed by atoms with Gasteiger partial charge < -0.3 is 5.73 Å². The zero-order chi connectivity index (χ0) is 13.8. The summed E-state index contributed by atoms with van der Waals surface area (Å²) in [6.07, 6.45) is 3.70. The first-order chi connectivity index (χ1) is 9.15. The summed E-state index contributed by atoms with van der Waals surface area (Å²) in [7, 11) is 0. The summed E-state index contributed by atoms with van der Waals surface area (Å²) in [5.41, 5.74) is 7.30. The van der Waals surface area contributed by atoms with E-state index in [9.17, 15) is 0 Å². The molecule has 1 saturated heterocycles. The molecular weight excluding hydrogens is 300 g/mol. The predicted molar refractivity (Wildman–Crippen MR) is 85.1 cm³/mol. The van der Waals surface area contributed by atoms with E-state index in [0.29, 0.717) is 18.0 Å². The van der Waals surface area contributed by atoms with Gasteiger partial charge in [-0.1, -0.05) is 35.0 Å². The molecule has 19 heavy (non-hydrogen) atoms. The van der Waals surface area contributed by atoms with E-state index < -0.39 is 0 Å². The molecule has 0 aromatic heterocycles. The highest BCUT2D eigenvalue weighted by Gasteiger charge is 2.30. The molecule has 1 aromatic carbocycles. The zero-order valence-electron chi connectivity index (χ0n) is 12.0. The van der Waals surface area contributed by atoms with Gasteiger partial charge in [0.2, 0.25) is 0 Å². The van der Waals surface area contributed by atoms with Crippen LogP contribution in [0.1, 0.15) is 44.7 Å². The first-order valence-corrected chi connectivity index (χ1v) is 8.16. The third-order valence-corrected chi connectivity index (χ3v) is 4.87. The minimum Gasteiger partial charge on any atom is -0.330 e. The number of hydrogen-bond acceptors (Lipinski definition) is 2. The van der Waals surface area contributed by atoms with E-state index >= 15 is 0 Å². The molecule has 1 fully saturated rings. The Morgan fingerprint density at radius 2 is 2.21 bits per heavy atom. The van der Waals surface area contributed by atoms with E-state index in [0.717, 1.165) is 19.5 Å². The summed E-state index contributed by atoms with van der Waals surface area (Å²) in [6.45, 7) is 6.60. The topological polar surface area (TPSA) is 29.3 Å². The maximum absolute atomic E-state index is 5.88. The average Bonchev–Trinajstić information content (AvgIpc) is 2.42. The van der Waals surface area contributed by atoms with Crippen molar-refractivity contribution < 1.29 is 0 Å². The Labute approximate surface area is 125 Å². The van der Waals surface area contributed by atoms with E-state index in [-0.39, 0.29) is 0 Å². The van der Waals surface area contributed by atoms with Crippen molar-refractivity contribution in [1.29, 1.82) is 0 Å². The fourth-order valence-electron chi connectivity index (χ4n) is 3.21. The molecule has 2 nitrogen and oxygen atoms in total. The van der Waals surface area contributed by atoms with Crippen molar-refractivity contribution in [2.45, 2.75) is 45.2 Å². The summed E-state index contributed by atoms with van der Waals surface area (Å²) in [5.74, 6) is 0.664. The summed E-state index contributed by atoms with van der Waals surface area (Å²) >= 11 is 3.59. The Morgan fingerprint density at radius 3 is 2.84 bits per heavy atom. The maximum Gasteiger partial charge on any atom is 0.0348 e.